The van der Waals surface area contributed by atoms with Crippen LogP contribution in [0, 0.1) is 11.8 Å². The molecule has 3 rings (SSSR count). The van der Waals surface area contributed by atoms with Gasteiger partial charge in [0.25, 0.3) is 0 Å². The minimum atomic E-state index is -4.72. The van der Waals surface area contributed by atoms with E-state index in [9.17, 15) is 18.0 Å². The molecule has 26 heavy (non-hydrogen) atoms. The average molecular weight is 373 g/mol. The van der Waals surface area contributed by atoms with Gasteiger partial charge in [0.2, 0.25) is 0 Å². The maximum atomic E-state index is 12.2. The van der Waals surface area contributed by atoms with Crippen LogP contribution in [-0.2, 0) is 4.74 Å². The van der Waals surface area contributed by atoms with E-state index in [0.29, 0.717) is 43.8 Å². The summed E-state index contributed by atoms with van der Waals surface area (Å²) >= 11 is 0. The van der Waals surface area contributed by atoms with Crippen molar-refractivity contribution >= 4 is 11.9 Å². The van der Waals surface area contributed by atoms with Crippen molar-refractivity contribution in [2.24, 2.45) is 11.8 Å². The Balaban J connectivity index is 1.56. The van der Waals surface area contributed by atoms with Gasteiger partial charge < -0.3 is 19.3 Å². The smallest absolute Gasteiger partial charge is 0.444 e. The summed E-state index contributed by atoms with van der Waals surface area (Å²) in [7, 11) is 0. The molecule has 2 saturated heterocycles. The fraction of sp³-hybridized carbons (Fsp3) is 0.647. The number of hydrogen-bond donors (Lipinski definition) is 0. The highest BCUT2D eigenvalue weighted by Gasteiger charge is 2.43. The molecule has 1 amide bonds. The van der Waals surface area contributed by atoms with E-state index in [2.05, 4.69) is 9.72 Å². The molecule has 2 atom stereocenters. The first-order valence-electron chi connectivity index (χ1n) is 8.45. The van der Waals surface area contributed by atoms with Crippen LogP contribution in [0.3, 0.4) is 0 Å². The standard InChI is InChI=1S/C17H22F3N3O3/c1-16(2,3)26-15(24)23-9-11-7-22(8-12(11)10-23)14-5-4-13(6-21-14)25-17(18,19)20/h4-6,11-12H,7-10H2,1-3H3/t11-,12-/m0/s1. The Kier molecular flexibility index (Phi) is 4.66. The summed E-state index contributed by atoms with van der Waals surface area (Å²) < 4.78 is 45.8. The molecule has 9 heteroatoms. The second kappa shape index (κ2) is 6.51. The number of alkyl halides is 3. The third-order valence-electron chi connectivity index (χ3n) is 4.42. The molecule has 0 spiro atoms. The van der Waals surface area contributed by atoms with E-state index < -0.39 is 12.0 Å². The maximum absolute atomic E-state index is 12.2. The number of fused-ring (bicyclic) bond motifs is 1. The molecule has 2 aliphatic rings. The predicted molar refractivity (Wildman–Crippen MR) is 87.9 cm³/mol. The molecular formula is C17H22F3N3O3. The van der Waals surface area contributed by atoms with Gasteiger partial charge in [0.15, 0.2) is 0 Å². The van der Waals surface area contributed by atoms with Crippen molar-refractivity contribution in [1.82, 2.24) is 9.88 Å². The lowest BCUT2D eigenvalue weighted by Gasteiger charge is -2.26. The first-order chi connectivity index (χ1) is 12.0. The Bertz CT molecular complexity index is 644. The van der Waals surface area contributed by atoms with Crippen LogP contribution in [0.4, 0.5) is 23.8 Å². The molecule has 2 aliphatic heterocycles. The molecule has 144 valence electrons. The van der Waals surface area contributed by atoms with E-state index in [1.54, 1.807) is 4.90 Å². The predicted octanol–water partition coefficient (Wildman–Crippen LogP) is 3.28. The van der Waals surface area contributed by atoms with E-state index >= 15 is 0 Å². The van der Waals surface area contributed by atoms with Crippen LogP contribution in [-0.4, -0.2) is 54.1 Å². The molecule has 6 nitrogen and oxygen atoms in total. The Morgan fingerprint density at radius 1 is 1.12 bits per heavy atom. The highest BCUT2D eigenvalue weighted by molar-refractivity contribution is 5.68. The zero-order valence-corrected chi connectivity index (χ0v) is 14.9. The maximum Gasteiger partial charge on any atom is 0.573 e. The van der Waals surface area contributed by atoms with Crippen LogP contribution in [0.25, 0.3) is 0 Å². The molecule has 3 heterocycles. The third-order valence-corrected chi connectivity index (χ3v) is 4.42. The van der Waals surface area contributed by atoms with Crippen molar-refractivity contribution in [1.29, 1.82) is 0 Å². The number of aromatic nitrogens is 1. The third kappa shape index (κ3) is 4.50. The summed E-state index contributed by atoms with van der Waals surface area (Å²) in [6, 6.07) is 2.78. The normalized spacial score (nSPS) is 23.2. The van der Waals surface area contributed by atoms with Crippen molar-refractivity contribution in [3.05, 3.63) is 18.3 Å². The number of pyridine rings is 1. The number of halogens is 3. The SMILES string of the molecule is CC(C)(C)OC(=O)N1C[C@@H]2CN(c3ccc(OC(F)(F)F)cn3)C[C@H]2C1. The van der Waals surface area contributed by atoms with E-state index in [1.165, 1.54) is 12.1 Å². The lowest BCUT2D eigenvalue weighted by atomic mass is 10.0. The van der Waals surface area contributed by atoms with Gasteiger partial charge in [0.1, 0.15) is 17.2 Å². The van der Waals surface area contributed by atoms with Gasteiger partial charge in [0.05, 0.1) is 6.20 Å². The largest absolute Gasteiger partial charge is 0.573 e. The van der Waals surface area contributed by atoms with Crippen molar-refractivity contribution in [2.45, 2.75) is 32.7 Å². The van der Waals surface area contributed by atoms with Crippen LogP contribution in [0.2, 0.25) is 0 Å². The van der Waals surface area contributed by atoms with Gasteiger partial charge in [-0.25, -0.2) is 9.78 Å². The number of nitrogens with zero attached hydrogens (tertiary/aromatic N) is 3. The summed E-state index contributed by atoms with van der Waals surface area (Å²) in [5, 5.41) is 0. The lowest BCUT2D eigenvalue weighted by molar-refractivity contribution is -0.274. The van der Waals surface area contributed by atoms with Crippen LogP contribution >= 0.6 is 0 Å². The Hall–Kier alpha value is -2.19. The first kappa shape index (κ1) is 18.6. The molecule has 0 unspecified atom stereocenters. The van der Waals surface area contributed by atoms with Gasteiger partial charge in [-0.3, -0.25) is 0 Å². The zero-order chi connectivity index (χ0) is 19.1. The van der Waals surface area contributed by atoms with E-state index in [0.717, 1.165) is 6.20 Å². The zero-order valence-electron chi connectivity index (χ0n) is 14.9. The Labute approximate surface area is 149 Å². The number of carbonyl (C=O) groups is 1. The van der Waals surface area contributed by atoms with Gasteiger partial charge in [0, 0.05) is 38.0 Å². The quantitative estimate of drug-likeness (QED) is 0.796. The van der Waals surface area contributed by atoms with Crippen LogP contribution < -0.4 is 9.64 Å². The topological polar surface area (TPSA) is 54.9 Å². The van der Waals surface area contributed by atoms with Gasteiger partial charge in [-0.1, -0.05) is 0 Å². The molecule has 1 aromatic heterocycles. The molecule has 0 radical (unpaired) electrons. The fourth-order valence-corrected chi connectivity index (χ4v) is 3.41. The second-order valence-corrected chi connectivity index (χ2v) is 7.71. The van der Waals surface area contributed by atoms with Crippen LogP contribution in [0.1, 0.15) is 20.8 Å². The minimum absolute atomic E-state index is 0.301. The number of likely N-dealkylation sites (tertiary alicyclic amines) is 1. The van der Waals surface area contributed by atoms with E-state index in [-0.39, 0.29) is 11.8 Å². The van der Waals surface area contributed by atoms with Crippen LogP contribution in [0.15, 0.2) is 18.3 Å². The van der Waals surface area contributed by atoms with Gasteiger partial charge in [-0.05, 0) is 32.9 Å². The Morgan fingerprint density at radius 3 is 2.19 bits per heavy atom. The number of hydrogen-bond acceptors (Lipinski definition) is 5. The summed E-state index contributed by atoms with van der Waals surface area (Å²) in [4.78, 5) is 20.0. The summed E-state index contributed by atoms with van der Waals surface area (Å²) in [6.07, 6.45) is -3.95. The lowest BCUT2D eigenvalue weighted by Crippen LogP contribution is -2.37. The summed E-state index contributed by atoms with van der Waals surface area (Å²) in [5.74, 6) is 0.875. The highest BCUT2D eigenvalue weighted by atomic mass is 19.4. The number of anilines is 1. The van der Waals surface area contributed by atoms with Crippen molar-refractivity contribution in [3.63, 3.8) is 0 Å². The summed E-state index contributed by atoms with van der Waals surface area (Å²) in [5.41, 5.74) is -0.523. The molecular weight excluding hydrogens is 351 g/mol. The number of ether oxygens (including phenoxy) is 2. The molecule has 0 aliphatic carbocycles. The van der Waals surface area contributed by atoms with Crippen LogP contribution in [0.5, 0.6) is 5.75 Å². The molecule has 0 aromatic carbocycles. The average Bonchev–Trinajstić information content (AvgIpc) is 3.03. The number of carbonyl (C=O) groups excluding carboxylic acids is 1. The van der Waals surface area contributed by atoms with Gasteiger partial charge >= 0.3 is 12.5 Å². The summed E-state index contributed by atoms with van der Waals surface area (Å²) in [6.45, 7) is 8.15. The second-order valence-electron chi connectivity index (χ2n) is 7.71. The fourth-order valence-electron chi connectivity index (χ4n) is 3.41. The highest BCUT2D eigenvalue weighted by Crippen LogP contribution is 2.34. The monoisotopic (exact) mass is 373 g/mol. The van der Waals surface area contributed by atoms with E-state index in [4.69, 9.17) is 4.74 Å². The number of amides is 1. The molecule has 0 N–H and O–H groups in total. The molecule has 0 saturated carbocycles. The Morgan fingerprint density at radius 2 is 1.73 bits per heavy atom. The first-order valence-corrected chi connectivity index (χ1v) is 8.45. The van der Waals surface area contributed by atoms with Crippen molar-refractivity contribution in [3.8, 4) is 5.75 Å². The molecule has 2 fully saturated rings. The van der Waals surface area contributed by atoms with Gasteiger partial charge in [-0.2, -0.15) is 0 Å². The van der Waals surface area contributed by atoms with Crippen molar-refractivity contribution < 1.29 is 27.4 Å². The number of rotatable bonds is 2. The minimum Gasteiger partial charge on any atom is -0.444 e. The van der Waals surface area contributed by atoms with Crippen molar-refractivity contribution in [2.75, 3.05) is 31.1 Å². The van der Waals surface area contributed by atoms with Gasteiger partial charge in [-0.15, -0.1) is 13.2 Å². The van der Waals surface area contributed by atoms with E-state index in [1.807, 2.05) is 25.7 Å². The molecule has 0 bridgehead atoms. The molecule has 1 aromatic rings.